The number of hydrogen-bond donors (Lipinski definition) is 1. The van der Waals surface area contributed by atoms with E-state index >= 15 is 0 Å². The van der Waals surface area contributed by atoms with Crippen LogP contribution in [0.4, 0.5) is 11.6 Å². The highest BCUT2D eigenvalue weighted by molar-refractivity contribution is 7.18. The molecule has 1 aliphatic carbocycles. The summed E-state index contributed by atoms with van der Waals surface area (Å²) in [4.78, 5) is 20.0. The maximum Gasteiger partial charge on any atom is 0.263 e. The number of thiophene rings is 1. The Morgan fingerprint density at radius 1 is 1.17 bits per heavy atom. The molecule has 29 heavy (non-hydrogen) atoms. The summed E-state index contributed by atoms with van der Waals surface area (Å²) in [7, 11) is 1.78. The van der Waals surface area contributed by atoms with Gasteiger partial charge in [-0.15, -0.1) is 11.3 Å². The highest BCUT2D eigenvalue weighted by Crippen LogP contribution is 2.34. The van der Waals surface area contributed by atoms with Crippen LogP contribution in [-0.2, 0) is 26.4 Å². The molecular weight excluding hydrogens is 382 g/mol. The van der Waals surface area contributed by atoms with E-state index in [1.807, 2.05) is 10.9 Å². The van der Waals surface area contributed by atoms with E-state index in [2.05, 4.69) is 41.6 Å². The molecule has 0 saturated carbocycles. The second-order valence-corrected chi connectivity index (χ2v) is 8.81. The molecule has 3 heterocycles. The van der Waals surface area contributed by atoms with Crippen molar-refractivity contribution >= 4 is 33.2 Å². The van der Waals surface area contributed by atoms with Crippen molar-refractivity contribution in [1.82, 2.24) is 19.3 Å². The second kappa shape index (κ2) is 7.15. The fraction of sp³-hybridized carbons (Fsp3) is 0.318. The molecule has 0 unspecified atom stereocenters. The van der Waals surface area contributed by atoms with Crippen molar-refractivity contribution < 1.29 is 0 Å². The van der Waals surface area contributed by atoms with E-state index in [1.165, 1.54) is 28.0 Å². The topological polar surface area (TPSA) is 64.7 Å². The minimum absolute atomic E-state index is 0.0314. The van der Waals surface area contributed by atoms with Crippen molar-refractivity contribution in [3.63, 3.8) is 0 Å². The molecule has 148 valence electrons. The summed E-state index contributed by atoms with van der Waals surface area (Å²) in [5.74, 6) is 0.552. The summed E-state index contributed by atoms with van der Waals surface area (Å²) in [6.45, 7) is 2.78. The SMILES string of the molecule is Cc1ccc(Cn2cc(Nc3nc4sc5c(c4c(=O)n3C)CCCC5)cn2)cc1. The van der Waals surface area contributed by atoms with Crippen molar-refractivity contribution in [2.45, 2.75) is 39.2 Å². The fourth-order valence-electron chi connectivity index (χ4n) is 3.92. The second-order valence-electron chi connectivity index (χ2n) is 7.73. The summed E-state index contributed by atoms with van der Waals surface area (Å²) in [5, 5.41) is 8.53. The van der Waals surface area contributed by atoms with E-state index in [-0.39, 0.29) is 5.56 Å². The molecule has 6 nitrogen and oxygen atoms in total. The van der Waals surface area contributed by atoms with Crippen molar-refractivity contribution in [1.29, 1.82) is 0 Å². The molecule has 1 aliphatic rings. The van der Waals surface area contributed by atoms with Crippen LogP contribution in [0.3, 0.4) is 0 Å². The molecule has 0 aliphatic heterocycles. The Labute approximate surface area is 172 Å². The summed E-state index contributed by atoms with van der Waals surface area (Å²) >= 11 is 1.67. The first-order valence-electron chi connectivity index (χ1n) is 9.95. The molecule has 0 radical (unpaired) electrons. The van der Waals surface area contributed by atoms with Crippen LogP contribution < -0.4 is 10.9 Å². The minimum Gasteiger partial charge on any atom is -0.323 e. The van der Waals surface area contributed by atoms with Gasteiger partial charge in [-0.05, 0) is 43.7 Å². The first-order valence-corrected chi connectivity index (χ1v) is 10.8. The third-order valence-electron chi connectivity index (χ3n) is 5.55. The minimum atomic E-state index is 0.0314. The zero-order chi connectivity index (χ0) is 20.0. The van der Waals surface area contributed by atoms with Gasteiger partial charge in [0, 0.05) is 18.1 Å². The molecule has 0 spiro atoms. The Bertz CT molecular complexity index is 1250. The van der Waals surface area contributed by atoms with Gasteiger partial charge in [0.15, 0.2) is 0 Å². The van der Waals surface area contributed by atoms with Crippen molar-refractivity contribution in [2.24, 2.45) is 7.05 Å². The van der Waals surface area contributed by atoms with Crippen molar-refractivity contribution in [3.05, 3.63) is 68.6 Å². The molecule has 0 amide bonds. The lowest BCUT2D eigenvalue weighted by Crippen LogP contribution is -2.21. The summed E-state index contributed by atoms with van der Waals surface area (Å²) < 4.78 is 3.49. The summed E-state index contributed by atoms with van der Waals surface area (Å²) in [6, 6.07) is 8.44. The lowest BCUT2D eigenvalue weighted by Gasteiger charge is -2.11. The van der Waals surface area contributed by atoms with Crippen molar-refractivity contribution in [3.8, 4) is 0 Å². The Morgan fingerprint density at radius 3 is 2.79 bits per heavy atom. The van der Waals surface area contributed by atoms with Gasteiger partial charge in [0.1, 0.15) is 4.83 Å². The maximum absolute atomic E-state index is 13.0. The Kier molecular flexibility index (Phi) is 4.47. The molecule has 1 aromatic carbocycles. The standard InChI is InChI=1S/C22H23N5OS/c1-14-7-9-15(10-8-14)12-27-13-16(11-23-27)24-22-25-20-19(21(28)26(22)2)17-5-3-4-6-18(17)29-20/h7-11,13H,3-6,12H2,1-2H3,(H,24,25). The van der Waals surface area contributed by atoms with E-state index < -0.39 is 0 Å². The van der Waals surface area contributed by atoms with Gasteiger partial charge in [-0.1, -0.05) is 29.8 Å². The lowest BCUT2D eigenvalue weighted by atomic mass is 9.97. The van der Waals surface area contributed by atoms with Crippen LogP contribution >= 0.6 is 11.3 Å². The number of nitrogens with one attached hydrogen (secondary N) is 1. The van der Waals surface area contributed by atoms with E-state index in [4.69, 9.17) is 4.98 Å². The first kappa shape index (κ1) is 18.1. The van der Waals surface area contributed by atoms with Gasteiger partial charge in [0.05, 0.1) is 23.8 Å². The number of fused-ring (bicyclic) bond motifs is 3. The monoisotopic (exact) mass is 405 g/mol. The fourth-order valence-corrected chi connectivity index (χ4v) is 5.17. The van der Waals surface area contributed by atoms with Gasteiger partial charge in [0.25, 0.3) is 5.56 Å². The van der Waals surface area contributed by atoms with Gasteiger partial charge in [0.2, 0.25) is 5.95 Å². The average molecular weight is 406 g/mol. The van der Waals surface area contributed by atoms with Crippen LogP contribution in [0.1, 0.15) is 34.4 Å². The van der Waals surface area contributed by atoms with Crippen LogP contribution in [0.15, 0.2) is 41.5 Å². The van der Waals surface area contributed by atoms with Crippen LogP contribution in [0.25, 0.3) is 10.2 Å². The Balaban J connectivity index is 1.43. The lowest BCUT2D eigenvalue weighted by molar-refractivity contribution is 0.687. The number of anilines is 2. The molecule has 0 fully saturated rings. The molecule has 0 bridgehead atoms. The van der Waals surface area contributed by atoms with E-state index in [1.54, 1.807) is 29.1 Å². The molecule has 7 heteroatoms. The number of benzene rings is 1. The number of nitrogens with zero attached hydrogens (tertiary/aromatic N) is 4. The molecule has 0 atom stereocenters. The van der Waals surface area contributed by atoms with Crippen LogP contribution in [-0.4, -0.2) is 19.3 Å². The average Bonchev–Trinajstić information content (AvgIpc) is 3.31. The van der Waals surface area contributed by atoms with Gasteiger partial charge in [-0.25, -0.2) is 4.98 Å². The third-order valence-corrected chi connectivity index (χ3v) is 6.74. The molecular formula is C22H23N5OS. The predicted octanol–water partition coefficient (Wildman–Crippen LogP) is 4.17. The number of aromatic nitrogens is 4. The number of hydrogen-bond acceptors (Lipinski definition) is 5. The number of rotatable bonds is 4. The first-order chi connectivity index (χ1) is 14.1. The molecule has 4 aromatic rings. The third kappa shape index (κ3) is 3.35. The van der Waals surface area contributed by atoms with Gasteiger partial charge < -0.3 is 5.32 Å². The summed E-state index contributed by atoms with van der Waals surface area (Å²) in [6.07, 6.45) is 8.12. The number of aryl methyl sites for hydroxylation is 3. The summed E-state index contributed by atoms with van der Waals surface area (Å²) in [5.41, 5.74) is 4.52. The van der Waals surface area contributed by atoms with Gasteiger partial charge in [-0.3, -0.25) is 14.0 Å². The Hall–Kier alpha value is -2.93. The molecule has 3 aromatic heterocycles. The zero-order valence-electron chi connectivity index (χ0n) is 16.6. The van der Waals surface area contributed by atoms with Crippen LogP contribution in [0, 0.1) is 6.92 Å². The smallest absolute Gasteiger partial charge is 0.263 e. The van der Waals surface area contributed by atoms with Gasteiger partial charge in [-0.2, -0.15) is 5.10 Å². The van der Waals surface area contributed by atoms with Crippen LogP contribution in [0.5, 0.6) is 0 Å². The quantitative estimate of drug-likeness (QED) is 0.553. The zero-order valence-corrected chi connectivity index (χ0v) is 17.4. The van der Waals surface area contributed by atoms with Gasteiger partial charge >= 0.3 is 0 Å². The van der Waals surface area contributed by atoms with E-state index in [9.17, 15) is 4.79 Å². The highest BCUT2D eigenvalue weighted by atomic mass is 32.1. The molecule has 5 rings (SSSR count). The molecule has 0 saturated heterocycles. The Morgan fingerprint density at radius 2 is 1.97 bits per heavy atom. The van der Waals surface area contributed by atoms with Crippen molar-refractivity contribution in [2.75, 3.05) is 5.32 Å². The predicted molar refractivity (Wildman–Crippen MR) is 117 cm³/mol. The normalized spacial score (nSPS) is 13.6. The molecule has 1 N–H and O–H groups in total. The maximum atomic E-state index is 13.0. The highest BCUT2D eigenvalue weighted by Gasteiger charge is 2.21. The van der Waals surface area contributed by atoms with Crippen LogP contribution in [0.2, 0.25) is 0 Å². The van der Waals surface area contributed by atoms with E-state index in [0.717, 1.165) is 35.2 Å². The largest absolute Gasteiger partial charge is 0.323 e. The van der Waals surface area contributed by atoms with E-state index in [0.29, 0.717) is 12.5 Å².